The van der Waals surface area contributed by atoms with E-state index in [1.165, 1.54) is 25.7 Å². The van der Waals surface area contributed by atoms with Crippen LogP contribution in [-0.2, 0) is 0 Å². The highest BCUT2D eigenvalue weighted by Gasteiger charge is 2.33. The Kier molecular flexibility index (Phi) is 5.22. The fourth-order valence-electron chi connectivity index (χ4n) is 3.92. The second-order valence-corrected chi connectivity index (χ2v) is 9.13. The van der Waals surface area contributed by atoms with Gasteiger partial charge in [0, 0.05) is 10.0 Å². The van der Waals surface area contributed by atoms with Gasteiger partial charge in [-0.2, -0.15) is 0 Å². The molecule has 0 radical (unpaired) electrons. The molecule has 1 aliphatic heterocycles. The summed E-state index contributed by atoms with van der Waals surface area (Å²) < 4.78 is 2.02. The van der Waals surface area contributed by atoms with Gasteiger partial charge in [0.1, 0.15) is 0 Å². The Hall–Kier alpha value is -1.17. The molecule has 2 aromatic rings. The normalized spacial score (nSPS) is 21.2. The second kappa shape index (κ2) is 7.45. The smallest absolute Gasteiger partial charge is 0.268 e. The van der Waals surface area contributed by atoms with E-state index in [1.807, 2.05) is 23.7 Å². The molecule has 1 saturated carbocycles. The number of nitrogens with zero attached hydrogens (tertiary/aromatic N) is 2. The van der Waals surface area contributed by atoms with E-state index in [0.29, 0.717) is 21.7 Å². The molecule has 1 aliphatic carbocycles. The van der Waals surface area contributed by atoms with Crippen LogP contribution in [-0.4, -0.2) is 14.8 Å². The Morgan fingerprint density at radius 1 is 1.19 bits per heavy atom. The van der Waals surface area contributed by atoms with Crippen LogP contribution in [0, 0.1) is 0 Å². The molecule has 0 spiro atoms. The molecule has 26 heavy (non-hydrogen) atoms. The number of benzene rings is 1. The molecule has 2 heterocycles. The van der Waals surface area contributed by atoms with Crippen molar-refractivity contribution in [2.24, 2.45) is 4.99 Å². The van der Waals surface area contributed by atoms with E-state index in [-0.39, 0.29) is 10.8 Å². The molecule has 1 atom stereocenters. The highest BCUT2D eigenvalue weighted by molar-refractivity contribution is 8.14. The molecular formula is C19H21Cl2N3OS. The maximum atomic E-state index is 12.9. The van der Waals surface area contributed by atoms with E-state index in [1.54, 1.807) is 17.8 Å². The van der Waals surface area contributed by atoms with Gasteiger partial charge in [0.15, 0.2) is 5.82 Å². The maximum Gasteiger partial charge on any atom is 0.271 e. The van der Waals surface area contributed by atoms with E-state index in [0.717, 1.165) is 29.3 Å². The summed E-state index contributed by atoms with van der Waals surface area (Å²) in [4.78, 5) is 17.6. The van der Waals surface area contributed by atoms with Crippen molar-refractivity contribution in [3.8, 4) is 0 Å². The van der Waals surface area contributed by atoms with Crippen LogP contribution in [0.2, 0.25) is 10.0 Å². The number of halogens is 2. The number of H-pyrrole nitrogens is 1. The molecule has 1 fully saturated rings. The first-order valence-corrected chi connectivity index (χ1v) is 10.7. The minimum absolute atomic E-state index is 0.0657. The Labute approximate surface area is 167 Å². The summed E-state index contributed by atoms with van der Waals surface area (Å²) >= 11 is 14.1. The summed E-state index contributed by atoms with van der Waals surface area (Å²) in [6.07, 6.45) is 7.11. The minimum atomic E-state index is -0.164. The third kappa shape index (κ3) is 3.37. The van der Waals surface area contributed by atoms with Gasteiger partial charge in [-0.25, -0.2) is 4.99 Å². The van der Waals surface area contributed by atoms with Gasteiger partial charge < -0.3 is 0 Å². The molecule has 0 amide bonds. The lowest BCUT2D eigenvalue weighted by atomic mass is 10.1. The van der Waals surface area contributed by atoms with Crippen LogP contribution in [0.3, 0.4) is 0 Å². The average Bonchev–Trinajstić information content (AvgIpc) is 2.77. The van der Waals surface area contributed by atoms with Gasteiger partial charge in [0.25, 0.3) is 5.56 Å². The van der Waals surface area contributed by atoms with Crippen LogP contribution in [0.25, 0.3) is 0 Å². The zero-order chi connectivity index (χ0) is 18.3. The first-order chi connectivity index (χ1) is 12.5. The molecule has 4 nitrogen and oxygen atoms in total. The van der Waals surface area contributed by atoms with E-state index in [4.69, 9.17) is 28.2 Å². The lowest BCUT2D eigenvalue weighted by Gasteiger charge is -2.24. The summed E-state index contributed by atoms with van der Waals surface area (Å²) in [5.74, 6) is 0.772. The van der Waals surface area contributed by atoms with Crippen LogP contribution in [0.1, 0.15) is 67.9 Å². The van der Waals surface area contributed by atoms with E-state index >= 15 is 0 Å². The Bertz CT molecular complexity index is 910. The van der Waals surface area contributed by atoms with Crippen LogP contribution < -0.4 is 5.56 Å². The van der Waals surface area contributed by atoms with Gasteiger partial charge in [-0.1, -0.05) is 66.7 Å². The molecular weight excluding hydrogens is 389 g/mol. The predicted octanol–water partition coefficient (Wildman–Crippen LogP) is 6.26. The largest absolute Gasteiger partial charge is 0.271 e. The quantitative estimate of drug-likeness (QED) is 0.594. The highest BCUT2D eigenvalue weighted by atomic mass is 35.5. The van der Waals surface area contributed by atoms with Gasteiger partial charge in [0.2, 0.25) is 0 Å². The summed E-state index contributed by atoms with van der Waals surface area (Å²) in [6, 6.07) is 5.78. The van der Waals surface area contributed by atoms with Gasteiger partial charge in [0.05, 0.1) is 21.9 Å². The summed E-state index contributed by atoms with van der Waals surface area (Å²) in [5.41, 5.74) is 1.54. The molecule has 1 aromatic heterocycles. The number of nitrogens with one attached hydrogen (secondary N) is 1. The van der Waals surface area contributed by atoms with Gasteiger partial charge >= 0.3 is 0 Å². The number of thioether (sulfide) groups is 1. The molecule has 1 N–H and O–H groups in total. The molecule has 0 bridgehead atoms. The third-order valence-corrected chi connectivity index (χ3v) is 6.90. The number of hydrogen-bond donors (Lipinski definition) is 1. The van der Waals surface area contributed by atoms with Crippen molar-refractivity contribution in [2.75, 3.05) is 0 Å². The van der Waals surface area contributed by atoms with Gasteiger partial charge in [-0.3, -0.25) is 14.6 Å². The van der Waals surface area contributed by atoms with Crippen molar-refractivity contribution in [1.82, 2.24) is 9.78 Å². The first-order valence-electron chi connectivity index (χ1n) is 9.06. The van der Waals surface area contributed by atoms with Crippen molar-refractivity contribution in [1.29, 1.82) is 0 Å². The Morgan fingerprint density at radius 3 is 2.62 bits per heavy atom. The van der Waals surface area contributed by atoms with Crippen LogP contribution in [0.15, 0.2) is 28.0 Å². The van der Waals surface area contributed by atoms with Crippen molar-refractivity contribution >= 4 is 45.8 Å². The number of hydrogen-bond acceptors (Lipinski definition) is 3. The number of aromatic nitrogens is 2. The summed E-state index contributed by atoms with van der Waals surface area (Å²) in [6.45, 7) is 1.99. The number of rotatable bonds is 2. The van der Waals surface area contributed by atoms with Crippen LogP contribution in [0.5, 0.6) is 0 Å². The molecule has 7 heteroatoms. The fourth-order valence-corrected chi connectivity index (χ4v) is 5.65. The van der Waals surface area contributed by atoms with Crippen molar-refractivity contribution in [3.05, 3.63) is 49.7 Å². The summed E-state index contributed by atoms with van der Waals surface area (Å²) in [7, 11) is 0. The monoisotopic (exact) mass is 409 g/mol. The van der Waals surface area contributed by atoms with Gasteiger partial charge in [-0.15, -0.1) is 0 Å². The lowest BCUT2D eigenvalue weighted by molar-refractivity contribution is 0.407. The SMILES string of the molecule is CC1=Nc2c(c(=O)[nH]n2C2CCCCCC2)C(c2ccc(Cl)cc2Cl)S1. The minimum Gasteiger partial charge on any atom is -0.268 e. The zero-order valence-electron chi connectivity index (χ0n) is 14.6. The van der Waals surface area contributed by atoms with E-state index in [9.17, 15) is 4.79 Å². The van der Waals surface area contributed by atoms with Crippen molar-refractivity contribution in [3.63, 3.8) is 0 Å². The second-order valence-electron chi connectivity index (χ2n) is 6.99. The standard InChI is InChI=1S/C19H21Cl2N3OS/c1-11-22-18-16(17(26-11)14-9-8-12(20)10-15(14)21)19(25)23-24(18)13-6-4-2-3-5-7-13/h8-10,13,17H,2-7H2,1H3,(H,23,25). The van der Waals surface area contributed by atoms with E-state index < -0.39 is 0 Å². The lowest BCUT2D eigenvalue weighted by Crippen LogP contribution is -2.14. The molecule has 0 saturated heterocycles. The van der Waals surface area contributed by atoms with Crippen molar-refractivity contribution in [2.45, 2.75) is 56.7 Å². The summed E-state index contributed by atoms with van der Waals surface area (Å²) in [5, 5.41) is 5.02. The zero-order valence-corrected chi connectivity index (χ0v) is 16.9. The maximum absolute atomic E-state index is 12.9. The van der Waals surface area contributed by atoms with E-state index in [2.05, 4.69) is 5.10 Å². The molecule has 2 aliphatic rings. The van der Waals surface area contributed by atoms with Crippen LogP contribution in [0.4, 0.5) is 5.82 Å². The average molecular weight is 410 g/mol. The molecule has 4 rings (SSSR count). The molecule has 1 unspecified atom stereocenters. The van der Waals surface area contributed by atoms with Crippen molar-refractivity contribution < 1.29 is 0 Å². The fraction of sp³-hybridized carbons (Fsp3) is 0.474. The number of fused-ring (bicyclic) bond motifs is 1. The topological polar surface area (TPSA) is 50.1 Å². The Morgan fingerprint density at radius 2 is 1.92 bits per heavy atom. The number of aromatic amines is 1. The molecule has 138 valence electrons. The Balaban J connectivity index is 1.82. The first kappa shape index (κ1) is 18.2. The third-order valence-electron chi connectivity index (χ3n) is 5.18. The highest BCUT2D eigenvalue weighted by Crippen LogP contribution is 2.47. The van der Waals surface area contributed by atoms with Crippen LogP contribution >= 0.6 is 35.0 Å². The van der Waals surface area contributed by atoms with Gasteiger partial charge in [-0.05, 0) is 37.5 Å². The predicted molar refractivity (Wildman–Crippen MR) is 110 cm³/mol. The molecule has 1 aromatic carbocycles. The number of aliphatic imine (C=N–C) groups is 1.